The second kappa shape index (κ2) is 15.9. The van der Waals surface area contributed by atoms with Crippen LogP contribution in [0.2, 0.25) is 0 Å². The minimum Gasteiger partial charge on any atom is -0.320 e. The lowest BCUT2D eigenvalue weighted by molar-refractivity contribution is 0.772. The van der Waals surface area contributed by atoms with Gasteiger partial charge in [0.25, 0.3) is 0 Å². The van der Waals surface area contributed by atoms with Crippen LogP contribution in [0.1, 0.15) is 13.3 Å². The van der Waals surface area contributed by atoms with Gasteiger partial charge < -0.3 is 10.6 Å². The van der Waals surface area contributed by atoms with Crippen molar-refractivity contribution in [2.24, 2.45) is 0 Å². The van der Waals surface area contributed by atoms with Gasteiger partial charge in [0.2, 0.25) is 0 Å². The van der Waals surface area contributed by atoms with Crippen LogP contribution in [0.5, 0.6) is 0 Å². The van der Waals surface area contributed by atoms with Crippen LogP contribution in [0.15, 0.2) is 12.7 Å². The van der Waals surface area contributed by atoms with Crippen molar-refractivity contribution in [2.75, 3.05) is 27.2 Å². The van der Waals surface area contributed by atoms with Crippen molar-refractivity contribution >= 4 is 0 Å². The zero-order valence-electron chi connectivity index (χ0n) is 7.41. The predicted octanol–water partition coefficient (Wildman–Crippen LogP) is 1.01. The molecule has 10 heavy (non-hydrogen) atoms. The minimum atomic E-state index is 0.903. The van der Waals surface area contributed by atoms with Gasteiger partial charge in [0.1, 0.15) is 0 Å². The van der Waals surface area contributed by atoms with E-state index in [0.29, 0.717) is 0 Å². The molecule has 0 aliphatic heterocycles. The summed E-state index contributed by atoms with van der Waals surface area (Å²) in [5.74, 6) is 0. The Morgan fingerprint density at radius 3 is 1.90 bits per heavy atom. The van der Waals surface area contributed by atoms with Crippen molar-refractivity contribution in [1.29, 1.82) is 0 Å². The van der Waals surface area contributed by atoms with Crippen molar-refractivity contribution in [3.63, 3.8) is 0 Å². The third kappa shape index (κ3) is 25.4. The maximum atomic E-state index is 3.49. The van der Waals surface area contributed by atoms with Gasteiger partial charge in [-0.25, -0.2) is 0 Å². The minimum absolute atomic E-state index is 0.903. The summed E-state index contributed by atoms with van der Waals surface area (Å²) >= 11 is 0. The highest BCUT2D eigenvalue weighted by atomic mass is 14.8. The second-order valence-electron chi connectivity index (χ2n) is 1.95. The van der Waals surface area contributed by atoms with Gasteiger partial charge in [-0.15, -0.1) is 6.58 Å². The number of likely N-dealkylation sites (N-methyl/N-ethyl adjacent to an activating group) is 1. The summed E-state index contributed by atoms with van der Waals surface area (Å²) < 4.78 is 0. The molecule has 0 amide bonds. The molecule has 0 atom stereocenters. The van der Waals surface area contributed by atoms with Gasteiger partial charge in [0.15, 0.2) is 0 Å². The van der Waals surface area contributed by atoms with Crippen molar-refractivity contribution in [3.8, 4) is 0 Å². The molecule has 0 heterocycles. The van der Waals surface area contributed by atoms with Crippen LogP contribution in [0.4, 0.5) is 0 Å². The van der Waals surface area contributed by atoms with Crippen molar-refractivity contribution in [3.05, 3.63) is 12.7 Å². The number of hydrogen-bond donors (Lipinski definition) is 2. The molecule has 0 saturated heterocycles. The largest absolute Gasteiger partial charge is 0.320 e. The Balaban J connectivity index is 0. The van der Waals surface area contributed by atoms with Crippen molar-refractivity contribution < 1.29 is 0 Å². The first-order chi connectivity index (χ1) is 4.83. The topological polar surface area (TPSA) is 24.1 Å². The lowest BCUT2D eigenvalue weighted by Gasteiger charge is -1.84. The molecule has 2 heteroatoms. The first kappa shape index (κ1) is 12.3. The summed E-state index contributed by atoms with van der Waals surface area (Å²) in [6.45, 7) is 7.68. The van der Waals surface area contributed by atoms with E-state index in [1.807, 2.05) is 20.2 Å². The Morgan fingerprint density at radius 2 is 1.90 bits per heavy atom. The molecule has 2 N–H and O–H groups in total. The first-order valence-corrected chi connectivity index (χ1v) is 3.73. The van der Waals surface area contributed by atoms with E-state index in [-0.39, 0.29) is 0 Å². The fourth-order valence-corrected chi connectivity index (χ4v) is 0.394. The van der Waals surface area contributed by atoms with Gasteiger partial charge in [-0.1, -0.05) is 13.0 Å². The Labute approximate surface area is 64.7 Å². The van der Waals surface area contributed by atoms with Crippen LogP contribution in [0.3, 0.4) is 0 Å². The van der Waals surface area contributed by atoms with Crippen LogP contribution in [-0.4, -0.2) is 27.2 Å². The third-order valence-corrected chi connectivity index (χ3v) is 0.848. The monoisotopic (exact) mass is 144 g/mol. The van der Waals surface area contributed by atoms with E-state index in [0.717, 1.165) is 13.1 Å². The predicted molar refractivity (Wildman–Crippen MR) is 48.3 cm³/mol. The SMILES string of the molecule is C=CCNC.CCCNC. The molecule has 0 spiro atoms. The smallest absolute Gasteiger partial charge is 0.0129 e. The summed E-state index contributed by atoms with van der Waals surface area (Å²) in [5, 5.41) is 5.92. The maximum Gasteiger partial charge on any atom is 0.0129 e. The number of nitrogens with one attached hydrogen (secondary N) is 2. The summed E-state index contributed by atoms with van der Waals surface area (Å²) in [6, 6.07) is 0. The fourth-order valence-electron chi connectivity index (χ4n) is 0.394. The molecule has 0 rings (SSSR count). The molecule has 0 aromatic heterocycles. The molecule has 0 aromatic carbocycles. The molecule has 0 radical (unpaired) electrons. The van der Waals surface area contributed by atoms with Crippen LogP contribution < -0.4 is 10.6 Å². The molecule has 0 aliphatic rings. The number of rotatable bonds is 4. The lowest BCUT2D eigenvalue weighted by Crippen LogP contribution is -2.04. The van der Waals surface area contributed by atoms with E-state index in [1.54, 1.807) is 0 Å². The van der Waals surface area contributed by atoms with Crippen LogP contribution in [0.25, 0.3) is 0 Å². The fraction of sp³-hybridized carbons (Fsp3) is 0.750. The zero-order chi connectivity index (χ0) is 8.24. The molecule has 0 fully saturated rings. The third-order valence-electron chi connectivity index (χ3n) is 0.848. The molecule has 0 bridgehead atoms. The average Bonchev–Trinajstić information content (AvgIpc) is 1.93. The van der Waals surface area contributed by atoms with Crippen molar-refractivity contribution in [2.45, 2.75) is 13.3 Å². The second-order valence-corrected chi connectivity index (χ2v) is 1.95. The average molecular weight is 144 g/mol. The number of hydrogen-bond acceptors (Lipinski definition) is 2. The standard InChI is InChI=1S/C4H11N.C4H9N/c2*1-3-4-5-2/h5H,3-4H2,1-2H3;3,5H,1,4H2,2H3. The zero-order valence-corrected chi connectivity index (χ0v) is 7.41. The summed E-state index contributed by atoms with van der Waals surface area (Å²) in [5.41, 5.74) is 0. The molecule has 62 valence electrons. The van der Waals surface area contributed by atoms with E-state index >= 15 is 0 Å². The van der Waals surface area contributed by atoms with E-state index in [1.165, 1.54) is 6.42 Å². The van der Waals surface area contributed by atoms with Gasteiger partial charge in [-0.05, 0) is 27.1 Å². The molecule has 2 nitrogen and oxygen atoms in total. The summed E-state index contributed by atoms with van der Waals surface area (Å²) in [6.07, 6.45) is 3.05. The van der Waals surface area contributed by atoms with Gasteiger partial charge in [-0.3, -0.25) is 0 Å². The van der Waals surface area contributed by atoms with Crippen molar-refractivity contribution in [1.82, 2.24) is 10.6 Å². The first-order valence-electron chi connectivity index (χ1n) is 3.73. The Morgan fingerprint density at radius 1 is 1.30 bits per heavy atom. The van der Waals surface area contributed by atoms with Crippen LogP contribution in [-0.2, 0) is 0 Å². The Hall–Kier alpha value is -0.340. The molecule has 0 aliphatic carbocycles. The van der Waals surface area contributed by atoms with Gasteiger partial charge in [-0.2, -0.15) is 0 Å². The van der Waals surface area contributed by atoms with E-state index < -0.39 is 0 Å². The summed E-state index contributed by atoms with van der Waals surface area (Å²) in [7, 11) is 3.85. The maximum absolute atomic E-state index is 3.49. The molecule has 0 unspecified atom stereocenters. The Kier molecular flexibility index (Phi) is 19.6. The van der Waals surface area contributed by atoms with Crippen LogP contribution in [0, 0.1) is 0 Å². The van der Waals surface area contributed by atoms with E-state index in [9.17, 15) is 0 Å². The molecule has 0 aromatic rings. The highest BCUT2D eigenvalue weighted by molar-refractivity contribution is 4.66. The van der Waals surface area contributed by atoms with Gasteiger partial charge in [0.05, 0.1) is 0 Å². The van der Waals surface area contributed by atoms with E-state index in [2.05, 4.69) is 24.1 Å². The quantitative estimate of drug-likeness (QED) is 0.575. The molecule has 0 saturated carbocycles. The lowest BCUT2D eigenvalue weighted by atomic mass is 10.5. The van der Waals surface area contributed by atoms with Crippen LogP contribution >= 0.6 is 0 Å². The molecular weight excluding hydrogens is 124 g/mol. The van der Waals surface area contributed by atoms with Gasteiger partial charge in [0, 0.05) is 6.54 Å². The summed E-state index contributed by atoms with van der Waals surface area (Å²) in [4.78, 5) is 0. The Bertz CT molecular complexity index is 51.2. The van der Waals surface area contributed by atoms with Gasteiger partial charge >= 0.3 is 0 Å². The van der Waals surface area contributed by atoms with E-state index in [4.69, 9.17) is 0 Å². The highest BCUT2D eigenvalue weighted by Crippen LogP contribution is 1.62. The normalized spacial score (nSPS) is 7.90. The molecular formula is C8H20N2. The highest BCUT2D eigenvalue weighted by Gasteiger charge is 1.64.